The summed E-state index contributed by atoms with van der Waals surface area (Å²) < 4.78 is 17.1. The Morgan fingerprint density at radius 1 is 1.06 bits per heavy atom. The second-order valence-electron chi connectivity index (χ2n) is 6.96. The number of amides is 2. The van der Waals surface area contributed by atoms with Crippen molar-refractivity contribution in [1.29, 1.82) is 0 Å². The van der Waals surface area contributed by atoms with Crippen LogP contribution in [-0.2, 0) is 16.1 Å². The van der Waals surface area contributed by atoms with Gasteiger partial charge in [-0.25, -0.2) is 0 Å². The van der Waals surface area contributed by atoms with Crippen LogP contribution < -0.4 is 19.5 Å². The van der Waals surface area contributed by atoms with E-state index in [-0.39, 0.29) is 25.0 Å². The lowest BCUT2D eigenvalue weighted by atomic mass is 10.1. The number of nitrogens with one attached hydrogen (secondary N) is 1. The molecule has 1 atom stereocenters. The van der Waals surface area contributed by atoms with Gasteiger partial charge >= 0.3 is 0 Å². The molecular weight excluding hydrogens is 464 g/mol. The topological polar surface area (TPSA) is 77.1 Å². The van der Waals surface area contributed by atoms with E-state index in [2.05, 4.69) is 21.2 Å². The summed E-state index contributed by atoms with van der Waals surface area (Å²) in [5, 5.41) is 2.85. The van der Waals surface area contributed by atoms with Gasteiger partial charge in [0.25, 0.3) is 5.91 Å². The molecule has 2 amide bonds. The van der Waals surface area contributed by atoms with Crippen molar-refractivity contribution in [3.05, 3.63) is 52.5 Å². The van der Waals surface area contributed by atoms with Crippen molar-refractivity contribution in [2.24, 2.45) is 0 Å². The molecule has 0 aliphatic rings. The highest BCUT2D eigenvalue weighted by Gasteiger charge is 2.26. The van der Waals surface area contributed by atoms with Crippen LogP contribution in [0.15, 0.2) is 46.9 Å². The average molecular weight is 493 g/mol. The number of hydrogen-bond donors (Lipinski definition) is 1. The van der Waals surface area contributed by atoms with Crippen LogP contribution >= 0.6 is 15.9 Å². The smallest absolute Gasteiger partial charge is 0.261 e. The minimum Gasteiger partial charge on any atom is -0.496 e. The van der Waals surface area contributed by atoms with Gasteiger partial charge in [-0.3, -0.25) is 9.59 Å². The monoisotopic (exact) mass is 492 g/mol. The largest absolute Gasteiger partial charge is 0.496 e. The number of benzene rings is 2. The molecule has 0 bridgehead atoms. The van der Waals surface area contributed by atoms with E-state index < -0.39 is 6.04 Å². The zero-order valence-corrected chi connectivity index (χ0v) is 19.9. The van der Waals surface area contributed by atoms with E-state index in [0.29, 0.717) is 23.8 Å². The Morgan fingerprint density at radius 3 is 2.29 bits per heavy atom. The van der Waals surface area contributed by atoms with Gasteiger partial charge < -0.3 is 24.4 Å². The molecule has 0 spiro atoms. The maximum Gasteiger partial charge on any atom is 0.261 e. The number of methoxy groups -OCH3 is 2. The van der Waals surface area contributed by atoms with Crippen molar-refractivity contribution >= 4 is 27.7 Å². The van der Waals surface area contributed by atoms with Crippen molar-refractivity contribution in [3.63, 3.8) is 0 Å². The number of rotatable bonds is 11. The lowest BCUT2D eigenvalue weighted by molar-refractivity contribution is -0.142. The number of carbonyl (C=O) groups excluding carboxylic acids is 2. The number of carbonyl (C=O) groups is 2. The van der Waals surface area contributed by atoms with Gasteiger partial charge in [0.1, 0.15) is 23.3 Å². The number of hydrogen-bond acceptors (Lipinski definition) is 5. The molecule has 0 heterocycles. The molecule has 1 N–H and O–H groups in total. The molecule has 2 rings (SSSR count). The lowest BCUT2D eigenvalue weighted by Gasteiger charge is -2.28. The molecule has 8 heteroatoms. The van der Waals surface area contributed by atoms with Crippen LogP contribution in [0.25, 0.3) is 0 Å². The summed E-state index contributed by atoms with van der Waals surface area (Å²) in [5.41, 5.74) is 0.904. The van der Waals surface area contributed by atoms with Gasteiger partial charge in [-0.15, -0.1) is 0 Å². The van der Waals surface area contributed by atoms with Crippen molar-refractivity contribution in [3.8, 4) is 17.2 Å². The highest BCUT2D eigenvalue weighted by atomic mass is 79.9. The Labute approximate surface area is 191 Å². The zero-order valence-electron chi connectivity index (χ0n) is 18.3. The highest BCUT2D eigenvalue weighted by molar-refractivity contribution is 9.10. The zero-order chi connectivity index (χ0) is 22.8. The third-order valence-electron chi connectivity index (χ3n) is 4.65. The Balaban J connectivity index is 2.17. The number of ether oxygens (including phenoxy) is 3. The minimum atomic E-state index is -0.651. The Hall–Kier alpha value is -2.74. The quantitative estimate of drug-likeness (QED) is 0.516. The predicted molar refractivity (Wildman–Crippen MR) is 122 cm³/mol. The molecule has 31 heavy (non-hydrogen) atoms. The minimum absolute atomic E-state index is 0.201. The molecule has 0 aromatic heterocycles. The molecule has 0 aliphatic carbocycles. The van der Waals surface area contributed by atoms with Gasteiger partial charge in [0.15, 0.2) is 6.61 Å². The SMILES string of the molecule is CCCNC(=O)[C@@H](C)N(Cc1cccc(Br)c1)C(=O)COc1cc(OC)cc(OC)c1. The first-order valence-corrected chi connectivity index (χ1v) is 10.8. The van der Waals surface area contributed by atoms with E-state index in [9.17, 15) is 9.59 Å². The molecule has 0 fully saturated rings. The molecule has 0 radical (unpaired) electrons. The van der Waals surface area contributed by atoms with Crippen molar-refractivity contribution in [2.75, 3.05) is 27.4 Å². The Kier molecular flexibility index (Phi) is 9.65. The van der Waals surface area contributed by atoms with Crippen molar-refractivity contribution in [2.45, 2.75) is 32.9 Å². The normalized spacial score (nSPS) is 11.4. The van der Waals surface area contributed by atoms with E-state index in [1.165, 1.54) is 4.90 Å². The Bertz CT molecular complexity index is 868. The summed E-state index contributed by atoms with van der Waals surface area (Å²) in [6, 6.07) is 12.0. The fourth-order valence-electron chi connectivity index (χ4n) is 2.90. The van der Waals surface area contributed by atoms with E-state index >= 15 is 0 Å². The number of halogens is 1. The second kappa shape index (κ2) is 12.2. The summed E-state index contributed by atoms with van der Waals surface area (Å²) in [6.45, 7) is 4.31. The lowest BCUT2D eigenvalue weighted by Crippen LogP contribution is -2.49. The van der Waals surface area contributed by atoms with Crippen LogP contribution in [0.2, 0.25) is 0 Å². The molecule has 0 aliphatic heterocycles. The molecular formula is C23H29BrN2O5. The van der Waals surface area contributed by atoms with Gasteiger partial charge in [-0.2, -0.15) is 0 Å². The van der Waals surface area contributed by atoms with E-state index in [4.69, 9.17) is 14.2 Å². The van der Waals surface area contributed by atoms with Gasteiger partial charge in [0.2, 0.25) is 5.91 Å². The first-order chi connectivity index (χ1) is 14.9. The second-order valence-corrected chi connectivity index (χ2v) is 7.87. The average Bonchev–Trinajstić information content (AvgIpc) is 2.78. The third-order valence-corrected chi connectivity index (χ3v) is 5.14. The number of nitrogens with zero attached hydrogens (tertiary/aromatic N) is 1. The third kappa shape index (κ3) is 7.47. The molecule has 0 unspecified atom stereocenters. The van der Waals surface area contributed by atoms with Gasteiger partial charge in [-0.05, 0) is 31.0 Å². The van der Waals surface area contributed by atoms with Crippen LogP contribution in [-0.4, -0.2) is 50.1 Å². The summed E-state index contributed by atoms with van der Waals surface area (Å²) in [7, 11) is 3.08. The van der Waals surface area contributed by atoms with Crippen LogP contribution in [0, 0.1) is 0 Å². The summed E-state index contributed by atoms with van der Waals surface area (Å²) >= 11 is 3.45. The maximum atomic E-state index is 13.1. The van der Waals surface area contributed by atoms with Gasteiger partial charge in [-0.1, -0.05) is 35.0 Å². The van der Waals surface area contributed by atoms with E-state index in [0.717, 1.165) is 16.5 Å². The highest BCUT2D eigenvalue weighted by Crippen LogP contribution is 2.27. The first-order valence-electron chi connectivity index (χ1n) is 10.1. The first kappa shape index (κ1) is 24.5. The molecule has 0 saturated heterocycles. The predicted octanol–water partition coefficient (Wildman–Crippen LogP) is 3.79. The Morgan fingerprint density at radius 2 is 1.71 bits per heavy atom. The summed E-state index contributed by atoms with van der Waals surface area (Å²) in [5.74, 6) is 1.05. The molecule has 0 saturated carbocycles. The molecule has 168 valence electrons. The summed E-state index contributed by atoms with van der Waals surface area (Å²) in [6.07, 6.45) is 0.818. The van der Waals surface area contributed by atoms with Crippen LogP contribution in [0.3, 0.4) is 0 Å². The standard InChI is InChI=1S/C23H29BrN2O5/c1-5-9-25-23(28)16(2)26(14-17-7-6-8-18(24)10-17)22(27)15-31-21-12-19(29-3)11-20(13-21)30-4/h6-8,10-13,16H,5,9,14-15H2,1-4H3,(H,25,28)/t16-/m1/s1. The van der Waals surface area contributed by atoms with Crippen LogP contribution in [0.5, 0.6) is 17.2 Å². The molecule has 2 aromatic carbocycles. The molecule has 7 nitrogen and oxygen atoms in total. The van der Waals surface area contributed by atoms with Crippen LogP contribution in [0.1, 0.15) is 25.8 Å². The van der Waals surface area contributed by atoms with Crippen molar-refractivity contribution in [1.82, 2.24) is 10.2 Å². The summed E-state index contributed by atoms with van der Waals surface area (Å²) in [4.78, 5) is 27.2. The van der Waals surface area contributed by atoms with E-state index in [1.54, 1.807) is 39.3 Å². The maximum absolute atomic E-state index is 13.1. The fraction of sp³-hybridized carbons (Fsp3) is 0.391. The fourth-order valence-corrected chi connectivity index (χ4v) is 3.35. The van der Waals surface area contributed by atoms with Crippen LogP contribution in [0.4, 0.5) is 0 Å². The molecule has 2 aromatic rings. The van der Waals surface area contributed by atoms with Crippen molar-refractivity contribution < 1.29 is 23.8 Å². The van der Waals surface area contributed by atoms with Gasteiger partial charge in [0.05, 0.1) is 14.2 Å². The van der Waals surface area contributed by atoms with Gasteiger partial charge in [0, 0.05) is 35.8 Å². The van der Waals surface area contributed by atoms with E-state index in [1.807, 2.05) is 31.2 Å².